The van der Waals surface area contributed by atoms with Gasteiger partial charge in [0.1, 0.15) is 5.54 Å². The fraction of sp³-hybridized carbons (Fsp3) is 0.867. The largest absolute Gasteiger partial charge is 0.327 e. The molecule has 3 N–H and O–H groups in total. The Kier molecular flexibility index (Phi) is 3.69. The van der Waals surface area contributed by atoms with Gasteiger partial charge in [-0.05, 0) is 38.5 Å². The molecular formula is C15H26N4O2. The zero-order valence-corrected chi connectivity index (χ0v) is 13.0. The first-order chi connectivity index (χ1) is 9.88. The maximum atomic E-state index is 12.1. The lowest BCUT2D eigenvalue weighted by Crippen LogP contribution is -2.42. The first-order valence-corrected chi connectivity index (χ1v) is 8.00. The van der Waals surface area contributed by atoms with E-state index in [1.807, 2.05) is 0 Å². The van der Waals surface area contributed by atoms with Crippen molar-refractivity contribution in [2.24, 2.45) is 17.6 Å². The Morgan fingerprint density at radius 3 is 2.62 bits per heavy atom. The summed E-state index contributed by atoms with van der Waals surface area (Å²) in [5.74, 6) is 1.17. The number of hydrogen-bond donors (Lipinski definition) is 2. The van der Waals surface area contributed by atoms with E-state index in [0.717, 1.165) is 26.1 Å². The topological polar surface area (TPSA) is 78.7 Å². The molecule has 3 aliphatic rings. The van der Waals surface area contributed by atoms with Crippen molar-refractivity contribution in [1.82, 2.24) is 15.1 Å². The molecule has 2 aliphatic heterocycles. The highest BCUT2D eigenvalue weighted by molar-refractivity contribution is 6.06. The summed E-state index contributed by atoms with van der Waals surface area (Å²) in [4.78, 5) is 27.7. The Hall–Kier alpha value is -1.14. The lowest BCUT2D eigenvalue weighted by molar-refractivity contribution is -0.130. The summed E-state index contributed by atoms with van der Waals surface area (Å²) >= 11 is 0. The van der Waals surface area contributed by atoms with E-state index in [0.29, 0.717) is 24.4 Å². The van der Waals surface area contributed by atoms with Crippen molar-refractivity contribution in [3.63, 3.8) is 0 Å². The molecule has 6 heteroatoms. The molecule has 0 aromatic heterocycles. The molecule has 0 aromatic rings. The van der Waals surface area contributed by atoms with Crippen LogP contribution in [0, 0.1) is 11.8 Å². The number of rotatable bonds is 3. The van der Waals surface area contributed by atoms with Crippen molar-refractivity contribution >= 4 is 11.9 Å². The first-order valence-electron chi connectivity index (χ1n) is 8.00. The van der Waals surface area contributed by atoms with Crippen LogP contribution < -0.4 is 11.1 Å². The van der Waals surface area contributed by atoms with Crippen LogP contribution in [0.15, 0.2) is 0 Å². The van der Waals surface area contributed by atoms with Crippen molar-refractivity contribution in [2.45, 2.75) is 44.7 Å². The molecule has 2 saturated heterocycles. The minimum absolute atomic E-state index is 0.124. The van der Waals surface area contributed by atoms with Gasteiger partial charge in [-0.3, -0.25) is 9.69 Å². The fourth-order valence-corrected chi connectivity index (χ4v) is 4.05. The van der Waals surface area contributed by atoms with Crippen LogP contribution in [0.1, 0.15) is 33.1 Å². The third-order valence-electron chi connectivity index (χ3n) is 5.31. The van der Waals surface area contributed by atoms with E-state index >= 15 is 0 Å². The van der Waals surface area contributed by atoms with Crippen molar-refractivity contribution in [1.29, 1.82) is 0 Å². The molecule has 3 amide bonds. The van der Waals surface area contributed by atoms with Gasteiger partial charge in [-0.25, -0.2) is 4.79 Å². The predicted octanol–water partition coefficient (Wildman–Crippen LogP) is 0.376. The number of fused-ring (bicyclic) bond motifs is 1. The van der Waals surface area contributed by atoms with Crippen molar-refractivity contribution < 1.29 is 9.59 Å². The molecular weight excluding hydrogens is 268 g/mol. The van der Waals surface area contributed by atoms with E-state index in [-0.39, 0.29) is 11.9 Å². The minimum Gasteiger partial charge on any atom is -0.327 e. The van der Waals surface area contributed by atoms with Crippen LogP contribution in [0.3, 0.4) is 0 Å². The standard InChI is InChI=1S/C15H26N4O2/c1-15(2)13(20)19(14(21)17-15)7-6-18-8-10-4-3-5-12(16)11(10)9-18/h10-12H,3-9,16H2,1-2H3,(H,17,21). The Morgan fingerprint density at radius 1 is 1.24 bits per heavy atom. The minimum atomic E-state index is -0.765. The Bertz CT molecular complexity index is 451. The van der Waals surface area contributed by atoms with Crippen LogP contribution in [-0.2, 0) is 4.79 Å². The molecule has 0 spiro atoms. The van der Waals surface area contributed by atoms with Crippen molar-refractivity contribution in [3.05, 3.63) is 0 Å². The van der Waals surface area contributed by atoms with Crippen molar-refractivity contribution in [2.75, 3.05) is 26.2 Å². The Labute approximate surface area is 126 Å². The smallest absolute Gasteiger partial charge is 0.325 e. The molecule has 0 aromatic carbocycles. The second-order valence-corrected chi connectivity index (χ2v) is 7.29. The molecule has 1 saturated carbocycles. The number of urea groups is 1. The van der Waals surface area contributed by atoms with Gasteiger partial charge < -0.3 is 16.0 Å². The molecule has 3 rings (SSSR count). The van der Waals surface area contributed by atoms with Gasteiger partial charge in [0.2, 0.25) is 0 Å². The number of hydrogen-bond acceptors (Lipinski definition) is 4. The third kappa shape index (κ3) is 2.66. The average Bonchev–Trinajstić information content (AvgIpc) is 2.89. The lowest BCUT2D eigenvalue weighted by atomic mass is 9.78. The normalized spacial score (nSPS) is 36.0. The van der Waals surface area contributed by atoms with Gasteiger partial charge in [-0.2, -0.15) is 0 Å². The molecule has 3 atom stereocenters. The number of amides is 3. The van der Waals surface area contributed by atoms with Gasteiger partial charge in [0.05, 0.1) is 0 Å². The van der Waals surface area contributed by atoms with Gasteiger partial charge in [0.15, 0.2) is 0 Å². The summed E-state index contributed by atoms with van der Waals surface area (Å²) in [6, 6.07) is 0.0581. The number of carbonyl (C=O) groups excluding carboxylic acids is 2. The third-order valence-corrected chi connectivity index (χ3v) is 5.31. The summed E-state index contributed by atoms with van der Waals surface area (Å²) in [5, 5.41) is 2.72. The van der Waals surface area contributed by atoms with Gasteiger partial charge in [0, 0.05) is 32.2 Å². The monoisotopic (exact) mass is 294 g/mol. The molecule has 1 aliphatic carbocycles. The van der Waals surface area contributed by atoms with E-state index < -0.39 is 5.54 Å². The number of likely N-dealkylation sites (tertiary alicyclic amines) is 1. The lowest BCUT2D eigenvalue weighted by Gasteiger charge is -2.29. The number of nitrogens with one attached hydrogen (secondary N) is 1. The van der Waals surface area contributed by atoms with Gasteiger partial charge in [0.25, 0.3) is 5.91 Å². The molecule has 0 radical (unpaired) electrons. The van der Waals surface area contributed by atoms with Crippen LogP contribution in [-0.4, -0.2) is 59.5 Å². The summed E-state index contributed by atoms with van der Waals surface area (Å²) in [5.41, 5.74) is 5.46. The molecule has 21 heavy (non-hydrogen) atoms. The maximum Gasteiger partial charge on any atom is 0.325 e. The predicted molar refractivity (Wildman–Crippen MR) is 79.6 cm³/mol. The summed E-state index contributed by atoms with van der Waals surface area (Å²) in [6.07, 6.45) is 3.64. The van der Waals surface area contributed by atoms with E-state index in [1.165, 1.54) is 17.7 Å². The zero-order valence-electron chi connectivity index (χ0n) is 13.0. The first kappa shape index (κ1) is 14.8. The summed E-state index contributed by atoms with van der Waals surface area (Å²) < 4.78 is 0. The number of nitrogens with zero attached hydrogens (tertiary/aromatic N) is 2. The number of imide groups is 1. The van der Waals surface area contributed by atoms with Crippen LogP contribution in [0.2, 0.25) is 0 Å². The van der Waals surface area contributed by atoms with Gasteiger partial charge >= 0.3 is 6.03 Å². The van der Waals surface area contributed by atoms with Crippen molar-refractivity contribution in [3.8, 4) is 0 Å². The second-order valence-electron chi connectivity index (χ2n) is 7.29. The van der Waals surface area contributed by atoms with Crippen LogP contribution >= 0.6 is 0 Å². The fourth-order valence-electron chi connectivity index (χ4n) is 4.05. The number of nitrogens with two attached hydrogens (primary N) is 1. The van der Waals surface area contributed by atoms with Gasteiger partial charge in [-0.15, -0.1) is 0 Å². The Balaban J connectivity index is 1.55. The van der Waals surface area contributed by atoms with Crippen LogP contribution in [0.25, 0.3) is 0 Å². The highest BCUT2D eigenvalue weighted by atomic mass is 16.2. The molecule has 3 unspecified atom stereocenters. The van der Waals surface area contributed by atoms with E-state index in [2.05, 4.69) is 10.2 Å². The van der Waals surface area contributed by atoms with E-state index in [9.17, 15) is 9.59 Å². The summed E-state index contributed by atoms with van der Waals surface area (Å²) in [6.45, 7) is 6.80. The van der Waals surface area contributed by atoms with Crippen LogP contribution in [0.5, 0.6) is 0 Å². The van der Waals surface area contributed by atoms with E-state index in [4.69, 9.17) is 5.73 Å². The van der Waals surface area contributed by atoms with E-state index in [1.54, 1.807) is 13.8 Å². The Morgan fingerprint density at radius 2 is 2.00 bits per heavy atom. The summed E-state index contributed by atoms with van der Waals surface area (Å²) in [7, 11) is 0. The maximum absolute atomic E-state index is 12.1. The average molecular weight is 294 g/mol. The zero-order chi connectivity index (χ0) is 15.2. The molecule has 3 fully saturated rings. The van der Waals surface area contributed by atoms with Crippen LogP contribution in [0.4, 0.5) is 4.79 Å². The molecule has 118 valence electrons. The number of carbonyl (C=O) groups is 2. The molecule has 6 nitrogen and oxygen atoms in total. The second kappa shape index (κ2) is 5.25. The quantitative estimate of drug-likeness (QED) is 0.738. The SMILES string of the molecule is CC1(C)NC(=O)N(CCN2CC3CCCC(N)C3C2)C1=O. The molecule has 0 bridgehead atoms. The highest BCUT2D eigenvalue weighted by Crippen LogP contribution is 2.35. The molecule has 2 heterocycles. The van der Waals surface area contributed by atoms with Gasteiger partial charge in [-0.1, -0.05) is 6.42 Å². The highest BCUT2D eigenvalue weighted by Gasteiger charge is 2.44.